The molecule has 0 bridgehead atoms. The smallest absolute Gasteiger partial charge is 0.289 e. The van der Waals surface area contributed by atoms with E-state index in [4.69, 9.17) is 11.6 Å². The second-order valence-electron chi connectivity index (χ2n) is 7.44. The molecule has 1 aliphatic carbocycles. The molecule has 12 heteroatoms. The van der Waals surface area contributed by atoms with Crippen molar-refractivity contribution < 1.29 is 18.0 Å². The van der Waals surface area contributed by atoms with Gasteiger partial charge < -0.3 is 0 Å². The number of fused-ring (bicyclic) bond motifs is 1. The Hall–Kier alpha value is -3.47. The van der Waals surface area contributed by atoms with Crippen LogP contribution in [-0.2, 0) is 12.7 Å². The van der Waals surface area contributed by atoms with Crippen LogP contribution in [0.3, 0.4) is 0 Å². The molecule has 3 heterocycles. The number of benzene rings is 1. The van der Waals surface area contributed by atoms with E-state index in [1.807, 2.05) is 18.2 Å². The lowest BCUT2D eigenvalue weighted by atomic mass is 10.2. The summed E-state index contributed by atoms with van der Waals surface area (Å²) in [4.78, 5) is 21.1. The van der Waals surface area contributed by atoms with E-state index in [0.29, 0.717) is 21.8 Å². The lowest BCUT2D eigenvalue weighted by Crippen LogP contribution is -2.17. The molecular weight excluding hydrogens is 447 g/mol. The van der Waals surface area contributed by atoms with Crippen LogP contribution in [0, 0.1) is 0 Å². The Labute approximate surface area is 184 Å². The van der Waals surface area contributed by atoms with Gasteiger partial charge in [0.15, 0.2) is 5.65 Å². The van der Waals surface area contributed by atoms with E-state index in [1.165, 1.54) is 11.0 Å². The Morgan fingerprint density at radius 3 is 2.75 bits per heavy atom. The van der Waals surface area contributed by atoms with Crippen LogP contribution in [0.15, 0.2) is 42.9 Å². The van der Waals surface area contributed by atoms with E-state index >= 15 is 0 Å². The topological polar surface area (TPSA) is 90.0 Å². The van der Waals surface area contributed by atoms with Gasteiger partial charge >= 0.3 is 6.18 Å². The molecule has 0 radical (unpaired) electrons. The Kier molecular flexibility index (Phi) is 4.85. The number of carbonyl (C=O) groups excluding carboxylic acids is 1. The maximum atomic E-state index is 13.5. The van der Waals surface area contributed by atoms with Crippen molar-refractivity contribution in [1.29, 1.82) is 0 Å². The number of anilines is 1. The molecule has 3 aromatic heterocycles. The second-order valence-corrected chi connectivity index (χ2v) is 7.85. The Morgan fingerprint density at radius 2 is 2.03 bits per heavy atom. The number of carbonyl (C=O) groups is 1. The Balaban J connectivity index is 1.42. The first-order chi connectivity index (χ1) is 15.3. The standard InChI is InChI=1S/C20H15ClF3N7O/c21-14-4-2-1-3-12(14)9-30-10-25-19(29-30)28-18(32)13-8-26-31-16(20(22,23)24)7-15(11-5-6-11)27-17(13)31/h1-4,7-8,10-11H,5-6,9H2,(H,28,29,32). The third kappa shape index (κ3) is 3.91. The molecule has 1 saturated carbocycles. The number of hydrogen-bond acceptors (Lipinski definition) is 5. The van der Waals surface area contributed by atoms with Crippen LogP contribution in [0.2, 0.25) is 5.02 Å². The average molecular weight is 462 g/mol. The third-order valence-corrected chi connectivity index (χ3v) is 5.44. The maximum Gasteiger partial charge on any atom is 0.433 e. The normalized spacial score (nSPS) is 14.1. The van der Waals surface area contributed by atoms with E-state index in [1.54, 1.807) is 6.07 Å². The molecule has 0 spiro atoms. The summed E-state index contributed by atoms with van der Waals surface area (Å²) < 4.78 is 42.7. The summed E-state index contributed by atoms with van der Waals surface area (Å²) in [7, 11) is 0. The van der Waals surface area contributed by atoms with E-state index in [-0.39, 0.29) is 23.1 Å². The van der Waals surface area contributed by atoms with Gasteiger partial charge in [-0.05, 0) is 30.5 Å². The lowest BCUT2D eigenvalue weighted by Gasteiger charge is -2.11. The van der Waals surface area contributed by atoms with Crippen LogP contribution in [0.25, 0.3) is 5.65 Å². The van der Waals surface area contributed by atoms with Crippen molar-refractivity contribution in [2.24, 2.45) is 0 Å². The highest BCUT2D eigenvalue weighted by Gasteiger charge is 2.38. The summed E-state index contributed by atoms with van der Waals surface area (Å²) in [5, 5.41) is 11.0. The molecule has 1 aromatic carbocycles. The number of alkyl halides is 3. The van der Waals surface area contributed by atoms with Crippen molar-refractivity contribution in [3.05, 3.63) is 70.4 Å². The molecular formula is C20H15ClF3N7O. The van der Waals surface area contributed by atoms with Crippen LogP contribution in [-0.4, -0.2) is 35.3 Å². The molecule has 0 saturated heterocycles. The summed E-state index contributed by atoms with van der Waals surface area (Å²) in [5.41, 5.74) is -0.0988. The fourth-order valence-electron chi connectivity index (χ4n) is 3.33. The zero-order valence-electron chi connectivity index (χ0n) is 16.3. The van der Waals surface area contributed by atoms with Crippen LogP contribution < -0.4 is 5.32 Å². The molecule has 32 heavy (non-hydrogen) atoms. The summed E-state index contributed by atoms with van der Waals surface area (Å²) in [6.45, 7) is 0.334. The van der Waals surface area contributed by atoms with Gasteiger partial charge in [0.05, 0.1) is 12.7 Å². The van der Waals surface area contributed by atoms with Gasteiger partial charge in [-0.1, -0.05) is 29.8 Å². The third-order valence-electron chi connectivity index (χ3n) is 5.07. The number of aromatic nitrogens is 6. The fourth-order valence-corrected chi connectivity index (χ4v) is 3.53. The minimum absolute atomic E-state index is 0.00389. The predicted octanol–water partition coefficient (Wildman–Crippen LogP) is 4.17. The van der Waals surface area contributed by atoms with E-state index < -0.39 is 17.8 Å². The molecule has 0 aliphatic heterocycles. The average Bonchev–Trinajstić information content (AvgIpc) is 3.36. The summed E-state index contributed by atoms with van der Waals surface area (Å²) in [6, 6.07) is 8.23. The molecule has 0 atom stereocenters. The van der Waals surface area contributed by atoms with Gasteiger partial charge in [-0.15, -0.1) is 5.10 Å². The van der Waals surface area contributed by atoms with Crippen molar-refractivity contribution >= 4 is 29.1 Å². The first-order valence-corrected chi connectivity index (χ1v) is 10.1. The molecule has 8 nitrogen and oxygen atoms in total. The van der Waals surface area contributed by atoms with Crippen molar-refractivity contribution in [3.8, 4) is 0 Å². The lowest BCUT2D eigenvalue weighted by molar-refractivity contribution is -0.142. The largest absolute Gasteiger partial charge is 0.433 e. The molecule has 1 N–H and O–H groups in total. The minimum atomic E-state index is -4.64. The SMILES string of the molecule is O=C(Nc1ncn(Cc2ccccc2Cl)n1)c1cnn2c(C(F)(F)F)cc(C3CC3)nc12. The Bertz CT molecular complexity index is 1330. The summed E-state index contributed by atoms with van der Waals surface area (Å²) in [6.07, 6.45) is -0.625. The molecule has 1 fully saturated rings. The van der Waals surface area contributed by atoms with Crippen molar-refractivity contribution in [2.75, 3.05) is 5.32 Å². The van der Waals surface area contributed by atoms with E-state index in [2.05, 4.69) is 25.5 Å². The highest BCUT2D eigenvalue weighted by atomic mass is 35.5. The summed E-state index contributed by atoms with van der Waals surface area (Å²) >= 11 is 6.14. The number of nitrogens with zero attached hydrogens (tertiary/aromatic N) is 6. The van der Waals surface area contributed by atoms with Gasteiger partial charge in [-0.2, -0.15) is 18.3 Å². The zero-order valence-corrected chi connectivity index (χ0v) is 17.1. The van der Waals surface area contributed by atoms with Gasteiger partial charge in [-0.25, -0.2) is 19.2 Å². The van der Waals surface area contributed by atoms with Crippen LogP contribution in [0.4, 0.5) is 19.1 Å². The number of halogens is 4. The van der Waals surface area contributed by atoms with Crippen molar-refractivity contribution in [2.45, 2.75) is 31.5 Å². The van der Waals surface area contributed by atoms with Crippen LogP contribution in [0.5, 0.6) is 0 Å². The van der Waals surface area contributed by atoms with Crippen LogP contribution >= 0.6 is 11.6 Å². The van der Waals surface area contributed by atoms with Gasteiger partial charge in [0.2, 0.25) is 5.95 Å². The fraction of sp³-hybridized carbons (Fsp3) is 0.250. The van der Waals surface area contributed by atoms with Gasteiger partial charge in [0.25, 0.3) is 5.91 Å². The van der Waals surface area contributed by atoms with Gasteiger partial charge in [0, 0.05) is 16.6 Å². The predicted molar refractivity (Wildman–Crippen MR) is 108 cm³/mol. The molecule has 0 unspecified atom stereocenters. The molecule has 164 valence electrons. The van der Waals surface area contributed by atoms with Gasteiger partial charge in [-0.3, -0.25) is 10.1 Å². The number of rotatable bonds is 5. The first-order valence-electron chi connectivity index (χ1n) is 9.69. The van der Waals surface area contributed by atoms with Crippen molar-refractivity contribution in [3.63, 3.8) is 0 Å². The minimum Gasteiger partial charge on any atom is -0.289 e. The molecule has 1 amide bonds. The first kappa shape index (κ1) is 20.4. The maximum absolute atomic E-state index is 13.5. The van der Waals surface area contributed by atoms with E-state index in [9.17, 15) is 18.0 Å². The highest BCUT2D eigenvalue weighted by molar-refractivity contribution is 6.31. The number of hydrogen-bond donors (Lipinski definition) is 1. The second kappa shape index (κ2) is 7.59. The summed E-state index contributed by atoms with van der Waals surface area (Å²) in [5.74, 6) is -0.742. The van der Waals surface area contributed by atoms with E-state index in [0.717, 1.165) is 30.7 Å². The molecule has 5 rings (SSSR count). The molecule has 1 aliphatic rings. The van der Waals surface area contributed by atoms with Crippen molar-refractivity contribution in [1.82, 2.24) is 29.4 Å². The quantitative estimate of drug-likeness (QED) is 0.481. The van der Waals surface area contributed by atoms with Gasteiger partial charge in [0.1, 0.15) is 17.6 Å². The Morgan fingerprint density at radius 1 is 1.25 bits per heavy atom. The zero-order chi connectivity index (χ0) is 22.5. The number of nitrogens with one attached hydrogen (secondary N) is 1. The molecule has 4 aromatic rings. The monoisotopic (exact) mass is 461 g/mol. The van der Waals surface area contributed by atoms with Crippen LogP contribution in [0.1, 0.15) is 46.1 Å². The number of amides is 1. The highest BCUT2D eigenvalue weighted by Crippen LogP contribution is 2.41.